The van der Waals surface area contributed by atoms with Crippen molar-refractivity contribution in [3.8, 4) is 0 Å². The first-order valence-corrected chi connectivity index (χ1v) is 4.07. The van der Waals surface area contributed by atoms with Gasteiger partial charge in [0.25, 0.3) is 6.43 Å². The smallest absolute Gasteiger partial charge is 0.255 e. The molecule has 0 amide bonds. The minimum absolute atomic E-state index is 0.146. The molecular formula is C8H17F2N3. The number of nitrogens with two attached hydrogens (primary N) is 1. The average molecular weight is 193 g/mol. The second-order valence-electron chi connectivity index (χ2n) is 3.91. The van der Waals surface area contributed by atoms with Crippen molar-refractivity contribution in [2.45, 2.75) is 32.7 Å². The summed E-state index contributed by atoms with van der Waals surface area (Å²) in [6, 6.07) is 0. The Hall–Kier alpha value is -0.870. The predicted octanol–water partition coefficient (Wildman–Crippen LogP) is 1.30. The molecule has 2 N–H and O–H groups in total. The summed E-state index contributed by atoms with van der Waals surface area (Å²) in [5.74, 6) is 0.146. The van der Waals surface area contributed by atoms with Crippen LogP contribution in [-0.4, -0.2) is 36.4 Å². The van der Waals surface area contributed by atoms with Crippen LogP contribution in [-0.2, 0) is 0 Å². The van der Waals surface area contributed by atoms with Gasteiger partial charge in [-0.25, -0.2) is 13.8 Å². The summed E-state index contributed by atoms with van der Waals surface area (Å²) in [6.07, 6.45) is -2.39. The lowest BCUT2D eigenvalue weighted by atomic mass is 10.1. The molecule has 0 heterocycles. The fourth-order valence-electron chi connectivity index (χ4n) is 0.730. The Morgan fingerprint density at radius 3 is 2.23 bits per heavy atom. The van der Waals surface area contributed by atoms with Crippen molar-refractivity contribution >= 4 is 5.96 Å². The molecule has 0 aliphatic carbocycles. The summed E-state index contributed by atoms with van der Waals surface area (Å²) in [6.45, 7) is 5.19. The standard InChI is InChI=1S/C8H17F2N3/c1-8(2,3)12-7(11)13(4)5-6(9)10/h6H,5H2,1-4H3,(H2,11,12). The van der Waals surface area contributed by atoms with Gasteiger partial charge in [-0.05, 0) is 20.8 Å². The van der Waals surface area contributed by atoms with Gasteiger partial charge in [0.05, 0.1) is 12.1 Å². The zero-order valence-corrected chi connectivity index (χ0v) is 8.51. The van der Waals surface area contributed by atoms with Crippen LogP contribution in [0.1, 0.15) is 20.8 Å². The normalized spacial score (nSPS) is 13.6. The Morgan fingerprint density at radius 2 is 1.92 bits per heavy atom. The van der Waals surface area contributed by atoms with Crippen molar-refractivity contribution in [2.24, 2.45) is 10.7 Å². The fourth-order valence-corrected chi connectivity index (χ4v) is 0.730. The molecule has 5 heteroatoms. The van der Waals surface area contributed by atoms with Gasteiger partial charge < -0.3 is 10.6 Å². The molecule has 0 aromatic rings. The van der Waals surface area contributed by atoms with Gasteiger partial charge in [0.15, 0.2) is 5.96 Å². The van der Waals surface area contributed by atoms with E-state index in [0.29, 0.717) is 0 Å². The van der Waals surface area contributed by atoms with Gasteiger partial charge in [-0.15, -0.1) is 0 Å². The van der Waals surface area contributed by atoms with Crippen LogP contribution >= 0.6 is 0 Å². The van der Waals surface area contributed by atoms with Gasteiger partial charge in [-0.1, -0.05) is 0 Å². The molecular weight excluding hydrogens is 176 g/mol. The highest BCUT2D eigenvalue weighted by Gasteiger charge is 2.13. The highest BCUT2D eigenvalue weighted by Crippen LogP contribution is 2.06. The minimum atomic E-state index is -2.39. The monoisotopic (exact) mass is 193 g/mol. The number of aliphatic imine (C=N–C) groups is 1. The molecule has 0 aliphatic rings. The molecule has 3 nitrogen and oxygen atoms in total. The highest BCUT2D eigenvalue weighted by molar-refractivity contribution is 5.78. The number of alkyl halides is 2. The van der Waals surface area contributed by atoms with Gasteiger partial charge in [0, 0.05) is 7.05 Å². The van der Waals surface area contributed by atoms with E-state index in [-0.39, 0.29) is 18.0 Å². The van der Waals surface area contributed by atoms with Crippen molar-refractivity contribution < 1.29 is 8.78 Å². The van der Waals surface area contributed by atoms with E-state index in [2.05, 4.69) is 4.99 Å². The molecule has 0 unspecified atom stereocenters. The zero-order chi connectivity index (χ0) is 10.6. The van der Waals surface area contributed by atoms with E-state index in [1.807, 2.05) is 20.8 Å². The van der Waals surface area contributed by atoms with Crippen LogP contribution in [0, 0.1) is 0 Å². The summed E-state index contributed by atoms with van der Waals surface area (Å²) in [4.78, 5) is 5.30. The van der Waals surface area contributed by atoms with Gasteiger partial charge in [-0.3, -0.25) is 0 Å². The lowest BCUT2D eigenvalue weighted by Crippen LogP contribution is -2.39. The van der Waals surface area contributed by atoms with E-state index in [1.54, 1.807) is 0 Å². The van der Waals surface area contributed by atoms with Crippen molar-refractivity contribution in [3.05, 3.63) is 0 Å². The summed E-state index contributed by atoms with van der Waals surface area (Å²) in [5.41, 5.74) is 5.16. The molecule has 78 valence electrons. The first kappa shape index (κ1) is 12.1. The number of rotatable bonds is 2. The first-order valence-electron chi connectivity index (χ1n) is 4.07. The van der Waals surface area contributed by atoms with Crippen LogP contribution in [0.25, 0.3) is 0 Å². The maximum absolute atomic E-state index is 11.9. The van der Waals surface area contributed by atoms with E-state index >= 15 is 0 Å². The van der Waals surface area contributed by atoms with Crippen molar-refractivity contribution in [3.63, 3.8) is 0 Å². The third-order valence-corrected chi connectivity index (χ3v) is 1.25. The van der Waals surface area contributed by atoms with Crippen molar-refractivity contribution in [2.75, 3.05) is 13.6 Å². The Balaban J connectivity index is 4.25. The maximum atomic E-state index is 11.9. The Kier molecular flexibility index (Phi) is 4.10. The van der Waals surface area contributed by atoms with Crippen LogP contribution in [0.2, 0.25) is 0 Å². The molecule has 0 spiro atoms. The Bertz CT molecular complexity index is 184. The van der Waals surface area contributed by atoms with E-state index in [0.717, 1.165) is 0 Å². The fraction of sp³-hybridized carbons (Fsp3) is 0.875. The number of hydrogen-bond acceptors (Lipinski definition) is 1. The first-order chi connectivity index (χ1) is 5.72. The second-order valence-corrected chi connectivity index (χ2v) is 3.91. The second kappa shape index (κ2) is 4.39. The molecule has 13 heavy (non-hydrogen) atoms. The molecule has 0 atom stereocenters. The third-order valence-electron chi connectivity index (χ3n) is 1.25. The molecule has 0 rings (SSSR count). The maximum Gasteiger partial charge on any atom is 0.255 e. The van der Waals surface area contributed by atoms with E-state index in [9.17, 15) is 8.78 Å². The largest absolute Gasteiger partial charge is 0.370 e. The molecule has 0 aliphatic heterocycles. The zero-order valence-electron chi connectivity index (χ0n) is 8.51. The summed E-state index contributed by atoms with van der Waals surface area (Å²) >= 11 is 0. The average Bonchev–Trinajstić information content (AvgIpc) is 1.81. The number of guanidine groups is 1. The van der Waals surface area contributed by atoms with Gasteiger partial charge in [0.1, 0.15) is 0 Å². The lowest BCUT2D eigenvalue weighted by molar-refractivity contribution is 0.123. The van der Waals surface area contributed by atoms with Crippen LogP contribution in [0.4, 0.5) is 8.78 Å². The predicted molar refractivity (Wildman–Crippen MR) is 50.0 cm³/mol. The molecule has 0 saturated carbocycles. The summed E-state index contributed by atoms with van der Waals surface area (Å²) in [5, 5.41) is 0. The number of nitrogens with zero attached hydrogens (tertiary/aromatic N) is 2. The van der Waals surface area contributed by atoms with Crippen molar-refractivity contribution in [1.82, 2.24) is 4.90 Å². The third kappa shape index (κ3) is 6.31. The van der Waals surface area contributed by atoms with Crippen LogP contribution < -0.4 is 5.73 Å². The molecule has 0 fully saturated rings. The summed E-state index contributed by atoms with van der Waals surface area (Å²) in [7, 11) is 1.50. The summed E-state index contributed by atoms with van der Waals surface area (Å²) < 4.78 is 23.9. The Morgan fingerprint density at radius 1 is 1.46 bits per heavy atom. The number of hydrogen-bond donors (Lipinski definition) is 1. The number of halogens is 2. The molecule has 0 radical (unpaired) electrons. The molecule has 0 aromatic carbocycles. The van der Waals surface area contributed by atoms with Gasteiger partial charge in [0.2, 0.25) is 0 Å². The van der Waals surface area contributed by atoms with Crippen LogP contribution in [0.5, 0.6) is 0 Å². The quantitative estimate of drug-likeness (QED) is 0.530. The van der Waals surface area contributed by atoms with Gasteiger partial charge in [-0.2, -0.15) is 0 Å². The van der Waals surface area contributed by atoms with E-state index in [4.69, 9.17) is 5.73 Å². The van der Waals surface area contributed by atoms with E-state index < -0.39 is 6.43 Å². The molecule has 0 aromatic heterocycles. The minimum Gasteiger partial charge on any atom is -0.370 e. The van der Waals surface area contributed by atoms with Gasteiger partial charge >= 0.3 is 0 Å². The lowest BCUT2D eigenvalue weighted by Gasteiger charge is -2.21. The molecule has 0 saturated heterocycles. The SMILES string of the molecule is CN(CC(F)F)C(N)=NC(C)(C)C. The highest BCUT2D eigenvalue weighted by atomic mass is 19.3. The van der Waals surface area contributed by atoms with Crippen LogP contribution in [0.3, 0.4) is 0 Å². The molecule has 0 bridgehead atoms. The van der Waals surface area contributed by atoms with E-state index in [1.165, 1.54) is 11.9 Å². The Labute approximate surface area is 77.6 Å². The van der Waals surface area contributed by atoms with Crippen molar-refractivity contribution in [1.29, 1.82) is 0 Å². The topological polar surface area (TPSA) is 41.6 Å². The van der Waals surface area contributed by atoms with Crippen LogP contribution in [0.15, 0.2) is 4.99 Å².